The molecule has 1 aromatic carbocycles. The Labute approximate surface area is 216 Å². The molecule has 1 saturated heterocycles. The van der Waals surface area contributed by atoms with Crippen molar-refractivity contribution >= 4 is 40.1 Å². The monoisotopic (exact) mass is 547 g/mol. The lowest BCUT2D eigenvalue weighted by Crippen LogP contribution is -2.61. The number of anilines is 3. The second kappa shape index (κ2) is 9.55. The third-order valence-corrected chi connectivity index (χ3v) is 6.12. The molecule has 2 atom stereocenters. The molecule has 204 valence electrons. The Hall–Kier alpha value is -4.70. The summed E-state index contributed by atoms with van der Waals surface area (Å²) in [4.78, 5) is 38.7. The van der Waals surface area contributed by atoms with Crippen LogP contribution >= 0.6 is 0 Å². The number of hydrogen-bond donors (Lipinski definition) is 3. The normalized spacial score (nSPS) is 17.5. The van der Waals surface area contributed by atoms with Crippen molar-refractivity contribution in [1.82, 2.24) is 19.5 Å². The summed E-state index contributed by atoms with van der Waals surface area (Å²) in [6.45, 7) is -2.45. The van der Waals surface area contributed by atoms with Gasteiger partial charge >= 0.3 is 6.55 Å². The number of nitrogens with zero attached hydrogens (tertiary/aromatic N) is 5. The van der Waals surface area contributed by atoms with E-state index >= 15 is 0 Å². The Morgan fingerprint density at radius 1 is 1.26 bits per heavy atom. The molecule has 2 unspecified atom stereocenters. The van der Waals surface area contributed by atoms with Gasteiger partial charge in [0, 0.05) is 24.0 Å². The molecule has 0 saturated carbocycles. The number of alkyl halides is 2. The summed E-state index contributed by atoms with van der Waals surface area (Å²) < 4.78 is 52.6. The first-order valence-corrected chi connectivity index (χ1v) is 11.3. The number of ether oxygens (including phenoxy) is 1. The van der Waals surface area contributed by atoms with E-state index in [4.69, 9.17) is 15.0 Å². The molecule has 1 aliphatic heterocycles. The number of nitrogens with two attached hydrogens (primary N) is 1. The first-order valence-electron chi connectivity index (χ1n) is 11.3. The van der Waals surface area contributed by atoms with E-state index < -0.39 is 47.3 Å². The van der Waals surface area contributed by atoms with E-state index in [1.807, 2.05) is 0 Å². The molecule has 1 fully saturated rings. The molecule has 4 heterocycles. The molecule has 0 aliphatic carbocycles. The van der Waals surface area contributed by atoms with Crippen LogP contribution in [0.25, 0.3) is 16.7 Å². The molecular weight excluding hydrogens is 527 g/mol. The van der Waals surface area contributed by atoms with Crippen LogP contribution in [0.4, 0.5) is 30.5 Å². The zero-order valence-electron chi connectivity index (χ0n) is 20.0. The Balaban J connectivity index is 1.38. The third-order valence-electron chi connectivity index (χ3n) is 6.12. The first-order chi connectivity index (χ1) is 18.5. The average molecular weight is 547 g/mol. The Kier molecular flexibility index (Phi) is 6.35. The highest BCUT2D eigenvalue weighted by molar-refractivity contribution is 6.06. The van der Waals surface area contributed by atoms with E-state index in [1.165, 1.54) is 12.1 Å². The number of fused-ring (bicyclic) bond motifs is 1. The molecular formula is C23H20F3N7O6. The van der Waals surface area contributed by atoms with Gasteiger partial charge in [-0.1, -0.05) is 5.16 Å². The number of pyridine rings is 1. The van der Waals surface area contributed by atoms with Crippen molar-refractivity contribution in [3.05, 3.63) is 58.9 Å². The molecule has 4 N–H and O–H groups in total. The molecule has 2 amide bonds. The van der Waals surface area contributed by atoms with Gasteiger partial charge in [-0.3, -0.25) is 23.9 Å². The van der Waals surface area contributed by atoms with E-state index in [2.05, 4.69) is 15.6 Å². The average Bonchev–Trinajstić information content (AvgIpc) is 3.46. The van der Waals surface area contributed by atoms with Gasteiger partial charge in [-0.25, -0.2) is 9.07 Å². The molecule has 0 bridgehead atoms. The molecule has 0 spiro atoms. The van der Waals surface area contributed by atoms with Gasteiger partial charge in [0.15, 0.2) is 34.7 Å². The van der Waals surface area contributed by atoms with Crippen molar-refractivity contribution in [2.24, 2.45) is 0 Å². The highest BCUT2D eigenvalue weighted by Gasteiger charge is 2.49. The van der Waals surface area contributed by atoms with Crippen molar-refractivity contribution in [2.75, 3.05) is 29.1 Å². The number of nitrogens with one attached hydrogen (secondary N) is 1. The van der Waals surface area contributed by atoms with Crippen molar-refractivity contribution in [1.29, 1.82) is 0 Å². The van der Waals surface area contributed by atoms with Crippen LogP contribution in [-0.4, -0.2) is 61.3 Å². The Morgan fingerprint density at radius 3 is 2.77 bits per heavy atom. The second-order valence-electron chi connectivity index (χ2n) is 8.78. The van der Waals surface area contributed by atoms with Gasteiger partial charge in [-0.15, -0.1) is 5.10 Å². The fourth-order valence-electron chi connectivity index (χ4n) is 4.05. The molecule has 3 aromatic heterocycles. The summed E-state index contributed by atoms with van der Waals surface area (Å²) in [5.41, 5.74) is 2.69. The maximum absolute atomic E-state index is 14.9. The van der Waals surface area contributed by atoms with Crippen molar-refractivity contribution in [3.63, 3.8) is 0 Å². The number of carbonyl (C=O) groups is 2. The Morgan fingerprint density at radius 2 is 2.03 bits per heavy atom. The van der Waals surface area contributed by atoms with Crippen LogP contribution in [-0.2, 0) is 14.3 Å². The van der Waals surface area contributed by atoms with Gasteiger partial charge in [0.05, 0.1) is 30.4 Å². The van der Waals surface area contributed by atoms with Crippen LogP contribution < -0.4 is 21.5 Å². The molecule has 5 rings (SSSR count). The predicted octanol–water partition coefficient (Wildman–Crippen LogP) is 1.41. The number of halogens is 3. The first kappa shape index (κ1) is 25.9. The summed E-state index contributed by atoms with van der Waals surface area (Å²) in [5, 5.41) is 21.6. The van der Waals surface area contributed by atoms with E-state index in [0.717, 1.165) is 41.0 Å². The van der Waals surface area contributed by atoms with Gasteiger partial charge in [0.25, 0.3) is 17.4 Å². The van der Waals surface area contributed by atoms with Gasteiger partial charge < -0.3 is 25.4 Å². The van der Waals surface area contributed by atoms with Crippen LogP contribution in [0, 0.1) is 5.82 Å². The molecule has 39 heavy (non-hydrogen) atoms. The quantitative estimate of drug-likeness (QED) is 0.323. The zero-order chi connectivity index (χ0) is 28.1. The fourth-order valence-corrected chi connectivity index (χ4v) is 4.05. The van der Waals surface area contributed by atoms with Gasteiger partial charge in [0.2, 0.25) is 0 Å². The van der Waals surface area contributed by atoms with Crippen molar-refractivity contribution in [2.45, 2.75) is 25.2 Å². The number of hydrogen-bond acceptors (Lipinski definition) is 9. The molecule has 16 heteroatoms. The lowest BCUT2D eigenvalue weighted by atomic mass is 9.95. The predicted molar refractivity (Wildman–Crippen MR) is 129 cm³/mol. The number of amides is 2. The van der Waals surface area contributed by atoms with E-state index in [-0.39, 0.29) is 40.5 Å². The summed E-state index contributed by atoms with van der Waals surface area (Å²) in [5.74, 6) is -3.31. The summed E-state index contributed by atoms with van der Waals surface area (Å²) >= 11 is 0. The number of benzene rings is 1. The van der Waals surface area contributed by atoms with E-state index in [9.17, 15) is 32.7 Å². The van der Waals surface area contributed by atoms with Gasteiger partial charge in [-0.2, -0.15) is 8.78 Å². The lowest BCUT2D eigenvalue weighted by molar-refractivity contribution is -0.165. The molecule has 0 radical (unpaired) electrons. The highest BCUT2D eigenvalue weighted by Crippen LogP contribution is 2.28. The molecule has 4 aromatic rings. The topological polar surface area (TPSA) is 171 Å². The van der Waals surface area contributed by atoms with Gasteiger partial charge in [-0.05, 0) is 25.1 Å². The molecule has 13 nitrogen and oxygen atoms in total. The summed E-state index contributed by atoms with van der Waals surface area (Å²) in [6.07, 6.45) is -0.131. The van der Waals surface area contributed by atoms with Crippen molar-refractivity contribution < 1.29 is 37.1 Å². The van der Waals surface area contributed by atoms with Gasteiger partial charge in [0.1, 0.15) is 0 Å². The van der Waals surface area contributed by atoms with Crippen molar-refractivity contribution in [3.8, 4) is 5.69 Å². The lowest BCUT2D eigenvalue weighted by Gasteiger charge is -2.37. The van der Waals surface area contributed by atoms with Crippen LogP contribution in [0.3, 0.4) is 0 Å². The van der Waals surface area contributed by atoms with Crippen LogP contribution in [0.1, 0.15) is 13.5 Å². The minimum atomic E-state index is -3.14. The van der Waals surface area contributed by atoms with Crippen LogP contribution in [0.5, 0.6) is 0 Å². The molecule has 1 aliphatic rings. The number of carbonyl (C=O) groups excluding carboxylic acids is 2. The largest absolute Gasteiger partial charge is 0.380 e. The minimum Gasteiger partial charge on any atom is -0.380 e. The number of aliphatic hydroxyl groups is 1. The number of morpholine rings is 1. The maximum atomic E-state index is 14.9. The smallest absolute Gasteiger partial charge is 0.321 e. The fraction of sp³-hybridized carbons (Fsp3) is 0.261. The Bertz CT molecular complexity index is 1650. The zero-order valence-corrected chi connectivity index (χ0v) is 20.0. The number of nitrogen functional groups attached to an aromatic ring is 1. The SMILES string of the molecule is CC(O)(C(=O)Nc1ccc2c(N)noc2c1)C1OCCN(c2nn(-c3ccc(=O)n(C(F)F)c3)cc2F)C1=O. The number of aromatic nitrogens is 4. The van der Waals surface area contributed by atoms with E-state index in [0.29, 0.717) is 5.39 Å². The highest BCUT2D eigenvalue weighted by atomic mass is 19.3. The van der Waals surface area contributed by atoms with Crippen LogP contribution in [0.2, 0.25) is 0 Å². The summed E-state index contributed by atoms with van der Waals surface area (Å²) in [7, 11) is 0. The second-order valence-corrected chi connectivity index (χ2v) is 8.78. The maximum Gasteiger partial charge on any atom is 0.321 e. The van der Waals surface area contributed by atoms with Crippen LogP contribution in [0.15, 0.2) is 52.0 Å². The number of rotatable bonds is 6. The third kappa shape index (κ3) is 4.59. The summed E-state index contributed by atoms with van der Waals surface area (Å²) in [6, 6.07) is 6.46. The standard InChI is InChI=1S/C23H20F3N7O6/c1-23(37,21(36)28-11-2-4-13-15(8-11)39-30-18(13)27)17-20(35)31(6-7-38-17)19-14(24)10-33(29-19)12-3-5-16(34)32(9-12)22(25)26/h2-5,8-10,17,22,37H,6-7H2,1H3,(H2,27,30)(H,28,36). The minimum absolute atomic E-state index is 0.0748. The van der Waals surface area contributed by atoms with E-state index in [1.54, 1.807) is 6.07 Å².